The number of carboxylic acids is 1. The molecule has 21 heteroatoms. The van der Waals surface area contributed by atoms with E-state index in [1.165, 1.54) is 0 Å². The number of amides is 5. The number of rotatable bonds is 27. The lowest BCUT2D eigenvalue weighted by atomic mass is 9.97. The molecule has 378 valence electrons. The van der Waals surface area contributed by atoms with E-state index in [0.717, 1.165) is 0 Å². The molecule has 0 aromatic carbocycles. The molecule has 1 heterocycles. The third-order valence-electron chi connectivity index (χ3n) is 8.30. The van der Waals surface area contributed by atoms with Gasteiger partial charge in [0.25, 0.3) is 0 Å². The Bertz CT molecular complexity index is 1440. The number of carbonyl (C=O) groups excluding carboxylic acids is 5. The largest absolute Gasteiger partial charge is 0.481 e. The Labute approximate surface area is 385 Å². The number of carbonyl (C=O) groups is 6. The molecule has 1 saturated heterocycles. The number of unbranched alkanes of at least 4 members (excludes halogenated alkanes) is 1. The molecular formula is C44H81N5O16. The van der Waals surface area contributed by atoms with Gasteiger partial charge in [-0.3, -0.25) is 9.59 Å². The molecule has 1 aliphatic heterocycles. The van der Waals surface area contributed by atoms with Gasteiger partial charge in [-0.25, -0.2) is 19.2 Å². The molecule has 1 aliphatic rings. The van der Waals surface area contributed by atoms with Crippen LogP contribution in [0.25, 0.3) is 0 Å². The topological polar surface area (TPSA) is 266 Å². The monoisotopic (exact) mass is 936 g/mol. The number of aliphatic carboxylic acids is 1. The van der Waals surface area contributed by atoms with Crippen LogP contribution in [0, 0.1) is 0 Å². The fraction of sp³-hybridized carbons (Fsp3) is 0.864. The van der Waals surface area contributed by atoms with Crippen LogP contribution in [0.2, 0.25) is 0 Å². The van der Waals surface area contributed by atoms with E-state index >= 15 is 0 Å². The maximum absolute atomic E-state index is 13.4. The van der Waals surface area contributed by atoms with Gasteiger partial charge in [-0.05, 0) is 122 Å². The van der Waals surface area contributed by atoms with Crippen LogP contribution in [0.4, 0.5) is 19.2 Å². The van der Waals surface area contributed by atoms with E-state index in [-0.39, 0.29) is 72.1 Å². The predicted octanol–water partition coefficient (Wildman–Crippen LogP) is 5.30. The molecule has 0 aromatic rings. The molecule has 0 unspecified atom stereocenters. The van der Waals surface area contributed by atoms with Crippen LogP contribution in [0.15, 0.2) is 0 Å². The van der Waals surface area contributed by atoms with E-state index < -0.39 is 89.3 Å². The third-order valence-corrected chi connectivity index (χ3v) is 8.30. The molecule has 0 bridgehead atoms. The molecular weight excluding hydrogens is 855 g/mol. The molecule has 0 aromatic heterocycles. The van der Waals surface area contributed by atoms with Crippen LogP contribution in [-0.2, 0) is 52.2 Å². The number of ether oxygens (including phenoxy) is 9. The van der Waals surface area contributed by atoms with Crippen LogP contribution in [-0.4, -0.2) is 154 Å². The fourth-order valence-electron chi connectivity index (χ4n) is 5.80. The van der Waals surface area contributed by atoms with Gasteiger partial charge in [0.15, 0.2) is 6.23 Å². The van der Waals surface area contributed by atoms with E-state index in [1.807, 2.05) is 0 Å². The molecule has 1 fully saturated rings. The van der Waals surface area contributed by atoms with Crippen molar-refractivity contribution in [1.82, 2.24) is 26.6 Å². The lowest BCUT2D eigenvalue weighted by Crippen LogP contribution is -2.65. The summed E-state index contributed by atoms with van der Waals surface area (Å²) in [7, 11) is 0. The molecule has 21 nitrogen and oxygen atoms in total. The summed E-state index contributed by atoms with van der Waals surface area (Å²) in [4.78, 5) is 73.6. The Balaban J connectivity index is 3.41. The van der Waals surface area contributed by atoms with Crippen molar-refractivity contribution in [3.8, 4) is 0 Å². The molecule has 6 N–H and O–H groups in total. The van der Waals surface area contributed by atoms with Gasteiger partial charge in [0, 0.05) is 65.4 Å². The highest BCUT2D eigenvalue weighted by Gasteiger charge is 2.49. The zero-order valence-electron chi connectivity index (χ0n) is 41.0. The van der Waals surface area contributed by atoms with Crippen molar-refractivity contribution < 1.29 is 76.5 Å². The Kier molecular flexibility index (Phi) is 26.7. The van der Waals surface area contributed by atoms with Crippen molar-refractivity contribution in [2.45, 2.75) is 187 Å². The fourth-order valence-corrected chi connectivity index (χ4v) is 5.80. The van der Waals surface area contributed by atoms with Crippen LogP contribution in [0.3, 0.4) is 0 Å². The first-order valence-corrected chi connectivity index (χ1v) is 22.6. The number of nitrogens with one attached hydrogen (secondary N) is 5. The molecule has 0 radical (unpaired) electrons. The summed E-state index contributed by atoms with van der Waals surface area (Å²) in [5.41, 5.74) is -2.72. The molecule has 0 saturated carbocycles. The van der Waals surface area contributed by atoms with Gasteiger partial charge in [-0.1, -0.05) is 0 Å². The van der Waals surface area contributed by atoms with Crippen LogP contribution in [0.1, 0.15) is 134 Å². The molecule has 0 aliphatic carbocycles. The van der Waals surface area contributed by atoms with Crippen LogP contribution >= 0.6 is 0 Å². The van der Waals surface area contributed by atoms with Crippen LogP contribution < -0.4 is 26.6 Å². The standard InChI is InChI=1S/C44H81N5O16/c1-41(2,3)62-37(53)45-21-15-25-57-29-30-33(58-26-16-22-46-38(54)63-42(4,5)6)34(59-27-17-23-47-39(55)64-43(7,8)9)35(60-28-18-24-48-40(56)65-44(10,11)12)36(61-30)49-31(50)19-13-14-20-32(51)52/h30,33-36H,13-29H2,1-12H3,(H,45,53)(H,46,54)(H,47,55)(H,48,56)(H,49,50)(H,51,52)/t30-,33+,34+,35-,36-/m1/s1. The van der Waals surface area contributed by atoms with Crippen molar-refractivity contribution >= 4 is 36.2 Å². The first kappa shape index (κ1) is 58.8. The van der Waals surface area contributed by atoms with Crippen molar-refractivity contribution in [3.05, 3.63) is 0 Å². The Morgan fingerprint density at radius 3 is 1.22 bits per heavy atom. The summed E-state index contributed by atoms with van der Waals surface area (Å²) in [6.45, 7) is 22.5. The maximum Gasteiger partial charge on any atom is 0.407 e. The second kappa shape index (κ2) is 29.5. The van der Waals surface area contributed by atoms with E-state index in [4.69, 9.17) is 47.7 Å². The lowest BCUT2D eigenvalue weighted by molar-refractivity contribution is -0.270. The zero-order chi connectivity index (χ0) is 49.3. The molecule has 65 heavy (non-hydrogen) atoms. The average Bonchev–Trinajstić information content (AvgIpc) is 3.12. The summed E-state index contributed by atoms with van der Waals surface area (Å²) in [6.07, 6.45) is -5.05. The van der Waals surface area contributed by atoms with Crippen LogP contribution in [0.5, 0.6) is 0 Å². The lowest BCUT2D eigenvalue weighted by Gasteiger charge is -2.46. The molecule has 0 spiro atoms. The highest BCUT2D eigenvalue weighted by molar-refractivity contribution is 5.76. The quantitative estimate of drug-likeness (QED) is 0.0451. The van der Waals surface area contributed by atoms with Crippen molar-refractivity contribution in [3.63, 3.8) is 0 Å². The minimum absolute atomic E-state index is 0.0118. The number of alkyl carbamates (subject to hydrolysis) is 4. The molecule has 1 rings (SSSR count). The predicted molar refractivity (Wildman–Crippen MR) is 238 cm³/mol. The Morgan fingerprint density at radius 2 is 0.831 bits per heavy atom. The normalized spacial score (nSPS) is 19.0. The Morgan fingerprint density at radius 1 is 0.477 bits per heavy atom. The van der Waals surface area contributed by atoms with E-state index in [0.29, 0.717) is 38.5 Å². The SMILES string of the molecule is CC(C)(C)OC(=O)NCCCOC[C@H]1O[C@@H](NC(=O)CCCCC(=O)O)[C@H](OCCCNC(=O)OC(C)(C)C)[C@@H](OCCCNC(=O)OC(C)(C)C)[C@H]1OCCCNC(=O)OC(C)(C)C. The summed E-state index contributed by atoms with van der Waals surface area (Å²) in [5.74, 6) is -1.38. The van der Waals surface area contributed by atoms with Gasteiger partial charge >= 0.3 is 30.3 Å². The smallest absolute Gasteiger partial charge is 0.407 e. The Hall–Kier alpha value is -4.18. The minimum atomic E-state index is -1.11. The van der Waals surface area contributed by atoms with Gasteiger partial charge < -0.3 is 74.3 Å². The second-order valence-electron chi connectivity index (χ2n) is 19.5. The molecule has 5 amide bonds. The van der Waals surface area contributed by atoms with Crippen molar-refractivity contribution in [2.24, 2.45) is 0 Å². The van der Waals surface area contributed by atoms with E-state index in [1.54, 1.807) is 83.1 Å². The number of hydrogen-bond acceptors (Lipinski definition) is 15. The first-order chi connectivity index (χ1) is 30.1. The average molecular weight is 936 g/mol. The minimum Gasteiger partial charge on any atom is -0.481 e. The van der Waals surface area contributed by atoms with Gasteiger partial charge in [0.2, 0.25) is 5.91 Å². The molecule has 5 atom stereocenters. The maximum atomic E-state index is 13.4. The summed E-state index contributed by atoms with van der Waals surface area (Å²) < 4.78 is 53.4. The number of hydrogen-bond donors (Lipinski definition) is 6. The summed E-state index contributed by atoms with van der Waals surface area (Å²) in [5, 5.41) is 22.8. The van der Waals surface area contributed by atoms with Crippen molar-refractivity contribution in [2.75, 3.05) is 59.2 Å². The summed E-state index contributed by atoms with van der Waals surface area (Å²) >= 11 is 0. The third kappa shape index (κ3) is 31.4. The van der Waals surface area contributed by atoms with Gasteiger partial charge in [-0.2, -0.15) is 0 Å². The zero-order valence-corrected chi connectivity index (χ0v) is 41.0. The highest BCUT2D eigenvalue weighted by atomic mass is 16.6. The highest BCUT2D eigenvalue weighted by Crippen LogP contribution is 2.29. The first-order valence-electron chi connectivity index (χ1n) is 22.6. The van der Waals surface area contributed by atoms with Gasteiger partial charge in [-0.15, -0.1) is 0 Å². The number of carboxylic acid groups (broad SMARTS) is 1. The summed E-state index contributed by atoms with van der Waals surface area (Å²) in [6, 6.07) is 0. The van der Waals surface area contributed by atoms with E-state index in [2.05, 4.69) is 26.6 Å². The van der Waals surface area contributed by atoms with E-state index in [9.17, 15) is 28.8 Å². The van der Waals surface area contributed by atoms with Gasteiger partial charge in [0.05, 0.1) is 6.61 Å². The van der Waals surface area contributed by atoms with Gasteiger partial charge in [0.1, 0.15) is 46.8 Å². The second-order valence-corrected chi connectivity index (χ2v) is 19.5. The van der Waals surface area contributed by atoms with Crippen molar-refractivity contribution in [1.29, 1.82) is 0 Å².